The predicted molar refractivity (Wildman–Crippen MR) is 122 cm³/mol. The number of anilines is 1. The fraction of sp³-hybridized carbons (Fsp3) is 0.522. The summed E-state index contributed by atoms with van der Waals surface area (Å²) in [6, 6.07) is 2.32. The zero-order chi connectivity index (χ0) is 22.9. The van der Waals surface area contributed by atoms with Gasteiger partial charge in [-0.3, -0.25) is 14.7 Å². The molecular formula is C23H31N7O2. The van der Waals surface area contributed by atoms with Gasteiger partial charge in [0.25, 0.3) is 0 Å². The van der Waals surface area contributed by atoms with Crippen LogP contribution in [0.25, 0.3) is 17.3 Å². The van der Waals surface area contributed by atoms with Crippen LogP contribution in [-0.2, 0) is 4.79 Å². The van der Waals surface area contributed by atoms with Crippen LogP contribution in [0, 0.1) is 24.2 Å². The first-order valence-electron chi connectivity index (χ1n) is 11.2. The van der Waals surface area contributed by atoms with Crippen LogP contribution in [0.3, 0.4) is 0 Å². The monoisotopic (exact) mass is 437 g/mol. The van der Waals surface area contributed by atoms with Gasteiger partial charge in [0.05, 0.1) is 29.8 Å². The molecule has 170 valence electrons. The number of rotatable bonds is 10. The number of hydroxylamine groups is 1. The van der Waals surface area contributed by atoms with E-state index >= 15 is 0 Å². The summed E-state index contributed by atoms with van der Waals surface area (Å²) in [4.78, 5) is 20.4. The van der Waals surface area contributed by atoms with E-state index in [1.165, 1.54) is 19.2 Å². The summed E-state index contributed by atoms with van der Waals surface area (Å²) in [7, 11) is 0. The normalized spacial score (nSPS) is 15.1. The number of hydrogen-bond donors (Lipinski definition) is 3. The quantitative estimate of drug-likeness (QED) is 0.378. The maximum absolute atomic E-state index is 11.5. The van der Waals surface area contributed by atoms with Crippen molar-refractivity contribution in [1.29, 1.82) is 5.26 Å². The third-order valence-electron chi connectivity index (χ3n) is 5.94. The fourth-order valence-corrected chi connectivity index (χ4v) is 4.26. The van der Waals surface area contributed by atoms with E-state index in [1.807, 2.05) is 23.9 Å². The Hall–Kier alpha value is -3.25. The number of aryl methyl sites for hydroxylation is 1. The average Bonchev–Trinajstić information content (AvgIpc) is 3.47. The van der Waals surface area contributed by atoms with Crippen LogP contribution in [0.2, 0.25) is 0 Å². The SMILES string of the molecule is CC/C=C\c1c(C)ncnc1-c1cn(C(CC#N)C2CCCC2)nc1NCCC(=O)NO. The lowest BCUT2D eigenvalue weighted by molar-refractivity contribution is -0.128. The molecule has 1 unspecified atom stereocenters. The highest BCUT2D eigenvalue weighted by Crippen LogP contribution is 2.38. The highest BCUT2D eigenvalue weighted by Gasteiger charge is 2.28. The molecule has 2 aromatic rings. The highest BCUT2D eigenvalue weighted by atomic mass is 16.5. The Labute approximate surface area is 188 Å². The fourth-order valence-electron chi connectivity index (χ4n) is 4.26. The van der Waals surface area contributed by atoms with Crippen molar-refractivity contribution < 1.29 is 10.0 Å². The van der Waals surface area contributed by atoms with E-state index in [2.05, 4.69) is 34.4 Å². The number of aromatic nitrogens is 4. The van der Waals surface area contributed by atoms with E-state index in [1.54, 1.807) is 5.48 Å². The van der Waals surface area contributed by atoms with Crippen molar-refractivity contribution in [3.8, 4) is 17.3 Å². The molecule has 3 rings (SSSR count). The molecule has 2 heterocycles. The van der Waals surface area contributed by atoms with Gasteiger partial charge in [0.15, 0.2) is 5.82 Å². The van der Waals surface area contributed by atoms with Gasteiger partial charge in [0.2, 0.25) is 5.91 Å². The van der Waals surface area contributed by atoms with Crippen LogP contribution < -0.4 is 10.8 Å². The number of amides is 1. The number of nitrogens with one attached hydrogen (secondary N) is 2. The molecule has 0 aromatic carbocycles. The van der Waals surface area contributed by atoms with Crippen LogP contribution in [-0.4, -0.2) is 37.4 Å². The molecule has 1 amide bonds. The lowest BCUT2D eigenvalue weighted by Gasteiger charge is -2.21. The maximum Gasteiger partial charge on any atom is 0.245 e. The average molecular weight is 438 g/mol. The Morgan fingerprint density at radius 1 is 1.41 bits per heavy atom. The van der Waals surface area contributed by atoms with Crippen molar-refractivity contribution in [2.75, 3.05) is 11.9 Å². The zero-order valence-corrected chi connectivity index (χ0v) is 18.7. The van der Waals surface area contributed by atoms with Crippen LogP contribution in [0.5, 0.6) is 0 Å². The first-order chi connectivity index (χ1) is 15.6. The highest BCUT2D eigenvalue weighted by molar-refractivity contribution is 5.80. The third-order valence-corrected chi connectivity index (χ3v) is 5.94. The van der Waals surface area contributed by atoms with Crippen molar-refractivity contribution in [2.45, 2.75) is 64.8 Å². The van der Waals surface area contributed by atoms with E-state index in [-0.39, 0.29) is 12.5 Å². The summed E-state index contributed by atoms with van der Waals surface area (Å²) in [5.41, 5.74) is 4.98. The van der Waals surface area contributed by atoms with Gasteiger partial charge in [0, 0.05) is 30.4 Å². The number of hydrogen-bond acceptors (Lipinski definition) is 7. The van der Waals surface area contributed by atoms with Crippen molar-refractivity contribution in [3.05, 3.63) is 29.9 Å². The molecule has 9 nitrogen and oxygen atoms in total. The molecule has 1 atom stereocenters. The molecule has 3 N–H and O–H groups in total. The molecule has 0 saturated heterocycles. The lowest BCUT2D eigenvalue weighted by atomic mass is 9.96. The van der Waals surface area contributed by atoms with E-state index in [9.17, 15) is 10.1 Å². The second-order valence-corrected chi connectivity index (χ2v) is 8.09. The molecule has 1 aliphatic carbocycles. The second-order valence-electron chi connectivity index (χ2n) is 8.09. The molecule has 9 heteroatoms. The molecule has 0 radical (unpaired) electrons. The van der Waals surface area contributed by atoms with Gasteiger partial charge in [0.1, 0.15) is 6.33 Å². The molecule has 1 aliphatic rings. The van der Waals surface area contributed by atoms with Gasteiger partial charge in [-0.2, -0.15) is 10.4 Å². The van der Waals surface area contributed by atoms with Crippen LogP contribution in [0.1, 0.15) is 69.2 Å². The first-order valence-corrected chi connectivity index (χ1v) is 11.2. The summed E-state index contributed by atoms with van der Waals surface area (Å²) >= 11 is 0. The van der Waals surface area contributed by atoms with E-state index < -0.39 is 5.91 Å². The predicted octanol–water partition coefficient (Wildman–Crippen LogP) is 4.02. The Morgan fingerprint density at radius 2 is 2.19 bits per heavy atom. The van der Waals surface area contributed by atoms with Gasteiger partial charge in [-0.05, 0) is 32.1 Å². The number of nitriles is 1. The van der Waals surface area contributed by atoms with Crippen LogP contribution >= 0.6 is 0 Å². The Bertz CT molecular complexity index is 987. The minimum atomic E-state index is -0.476. The summed E-state index contributed by atoms with van der Waals surface area (Å²) in [6.07, 6.45) is 13.5. The minimum absolute atomic E-state index is 0.00453. The lowest BCUT2D eigenvalue weighted by Crippen LogP contribution is -2.22. The van der Waals surface area contributed by atoms with Gasteiger partial charge in [-0.25, -0.2) is 15.4 Å². The van der Waals surface area contributed by atoms with Gasteiger partial charge in [-0.15, -0.1) is 0 Å². The number of allylic oxidation sites excluding steroid dienone is 1. The van der Waals surface area contributed by atoms with Gasteiger partial charge in [-0.1, -0.05) is 31.9 Å². The Morgan fingerprint density at radius 3 is 2.88 bits per heavy atom. The molecule has 0 bridgehead atoms. The smallest absolute Gasteiger partial charge is 0.245 e. The standard InChI is InChI=1S/C23H31N7O2/c1-3-4-9-18-16(2)26-15-27-22(18)19-14-30(20(10-12-24)17-7-5-6-8-17)28-23(19)25-13-11-21(31)29-32/h4,9,14-15,17,20,32H,3,5-8,10-11,13H2,1-2H3,(H,25,28)(H,29,31)/b9-4-. The van der Waals surface area contributed by atoms with Crippen molar-refractivity contribution in [2.24, 2.45) is 5.92 Å². The number of carbonyl (C=O) groups is 1. The van der Waals surface area contributed by atoms with Crippen molar-refractivity contribution in [3.63, 3.8) is 0 Å². The molecule has 1 saturated carbocycles. The van der Waals surface area contributed by atoms with Crippen molar-refractivity contribution >= 4 is 17.8 Å². The van der Waals surface area contributed by atoms with Crippen molar-refractivity contribution in [1.82, 2.24) is 25.2 Å². The number of carbonyl (C=O) groups excluding carboxylic acids is 1. The molecular weight excluding hydrogens is 406 g/mol. The molecule has 1 fully saturated rings. The Kier molecular flexibility index (Phi) is 8.34. The first kappa shape index (κ1) is 23.4. The molecule has 0 spiro atoms. The summed E-state index contributed by atoms with van der Waals surface area (Å²) in [5.74, 6) is 0.541. The second kappa shape index (κ2) is 11.4. The zero-order valence-electron chi connectivity index (χ0n) is 18.7. The summed E-state index contributed by atoms with van der Waals surface area (Å²) in [5, 5.41) is 26.2. The molecule has 0 aliphatic heterocycles. The van der Waals surface area contributed by atoms with Crippen LogP contribution in [0.15, 0.2) is 18.6 Å². The summed E-state index contributed by atoms with van der Waals surface area (Å²) < 4.78 is 1.90. The minimum Gasteiger partial charge on any atom is -0.368 e. The van der Waals surface area contributed by atoms with E-state index in [0.29, 0.717) is 24.7 Å². The summed E-state index contributed by atoms with van der Waals surface area (Å²) in [6.45, 7) is 4.31. The Balaban J connectivity index is 2.03. The topological polar surface area (TPSA) is 129 Å². The third kappa shape index (κ3) is 5.51. The van der Waals surface area contributed by atoms with Crippen LogP contribution in [0.4, 0.5) is 5.82 Å². The number of nitrogens with zero attached hydrogens (tertiary/aromatic N) is 5. The van der Waals surface area contributed by atoms with E-state index in [4.69, 9.17) is 10.3 Å². The largest absolute Gasteiger partial charge is 0.368 e. The molecule has 32 heavy (non-hydrogen) atoms. The van der Waals surface area contributed by atoms with Gasteiger partial charge < -0.3 is 5.32 Å². The maximum atomic E-state index is 11.5. The molecule has 2 aromatic heterocycles. The van der Waals surface area contributed by atoms with Gasteiger partial charge >= 0.3 is 0 Å². The van der Waals surface area contributed by atoms with E-state index in [0.717, 1.165) is 41.8 Å².